The summed E-state index contributed by atoms with van der Waals surface area (Å²) < 4.78 is 5.56. The number of unbranched alkanes of at least 4 members (excludes halogenated alkanes) is 25. The van der Waals surface area contributed by atoms with Gasteiger partial charge in [-0.25, -0.2) is 0 Å². The number of ether oxygens (including phenoxy) is 1. The maximum Gasteiger partial charge on any atom is 0.243 e. The summed E-state index contributed by atoms with van der Waals surface area (Å²) in [6, 6.07) is -0.981. The van der Waals surface area contributed by atoms with E-state index in [0.717, 1.165) is 129 Å². The number of rotatable bonds is 51. The van der Waals surface area contributed by atoms with Gasteiger partial charge in [-0.1, -0.05) is 181 Å². The Hall–Kier alpha value is -2.76. The zero-order valence-electron chi connectivity index (χ0n) is 49.6. The van der Waals surface area contributed by atoms with E-state index in [0.29, 0.717) is 39.0 Å². The molecule has 0 aromatic heterocycles. The van der Waals surface area contributed by atoms with Crippen LogP contribution in [-0.4, -0.2) is 123 Å². The van der Waals surface area contributed by atoms with E-state index in [1.165, 1.54) is 116 Å². The first-order valence-electron chi connectivity index (χ1n) is 31.5. The van der Waals surface area contributed by atoms with Gasteiger partial charge in [-0.15, -0.1) is 0 Å². The molecule has 4 amide bonds. The van der Waals surface area contributed by atoms with Crippen LogP contribution in [0.3, 0.4) is 0 Å². The fraction of sp³-hybridized carbons (Fsp3) is 0.873. The van der Waals surface area contributed by atoms with Crippen molar-refractivity contribution in [3.8, 4) is 0 Å². The number of amides is 4. The summed E-state index contributed by atoms with van der Waals surface area (Å²) >= 11 is 0. The summed E-state index contributed by atoms with van der Waals surface area (Å²) in [5.74, 6) is 0.0790. The lowest BCUT2D eigenvalue weighted by molar-refractivity contribution is -0.142. The van der Waals surface area contributed by atoms with Crippen molar-refractivity contribution >= 4 is 23.6 Å². The Balaban J connectivity index is 2.55. The molecule has 0 saturated carbocycles. The minimum atomic E-state index is -0.494. The van der Waals surface area contributed by atoms with Crippen molar-refractivity contribution in [2.75, 3.05) is 72.6 Å². The molecule has 0 aromatic rings. The third-order valence-electron chi connectivity index (χ3n) is 14.9. The predicted molar refractivity (Wildman–Crippen MR) is 314 cm³/mol. The van der Waals surface area contributed by atoms with Gasteiger partial charge in [-0.3, -0.25) is 24.1 Å². The van der Waals surface area contributed by atoms with Gasteiger partial charge in [-0.05, 0) is 115 Å². The van der Waals surface area contributed by atoms with E-state index in [1.807, 2.05) is 30.7 Å². The second-order valence-corrected chi connectivity index (χ2v) is 22.5. The molecule has 3 N–H and O–H groups in total. The topological polar surface area (TPSA) is 123 Å². The van der Waals surface area contributed by atoms with Crippen LogP contribution in [0.4, 0.5) is 0 Å². The van der Waals surface area contributed by atoms with Crippen molar-refractivity contribution in [1.29, 1.82) is 0 Å². The number of carbonyl (C=O) groups is 4. The van der Waals surface area contributed by atoms with E-state index < -0.39 is 12.1 Å². The third kappa shape index (κ3) is 37.1. The van der Waals surface area contributed by atoms with Crippen molar-refractivity contribution in [2.45, 2.75) is 272 Å². The second-order valence-electron chi connectivity index (χ2n) is 22.5. The summed E-state index contributed by atoms with van der Waals surface area (Å²) in [5, 5.41) is 9.58. The lowest BCUT2D eigenvalue weighted by atomic mass is 9.99. The van der Waals surface area contributed by atoms with Crippen molar-refractivity contribution in [3.63, 3.8) is 0 Å². The SMILES string of the molecule is CCCCCCCC/C=C\CCCCCCCC(=O)N(CCCNC)C(C(=O)NCCCCCCNC(=O)C(C(C)C)N(CCCN1CCOCC1)C(=O)CCCCCCC/C=C\CCCCCCCC)C(C)C. The van der Waals surface area contributed by atoms with Crippen molar-refractivity contribution in [1.82, 2.24) is 30.7 Å². The monoisotopic (exact) mass is 1040 g/mol. The van der Waals surface area contributed by atoms with Crippen molar-refractivity contribution in [2.24, 2.45) is 11.8 Å². The number of hydrogen-bond donors (Lipinski definition) is 3. The number of carbonyl (C=O) groups excluding carboxylic acids is 4. The summed E-state index contributed by atoms with van der Waals surface area (Å²) in [7, 11) is 1.92. The molecule has 2 atom stereocenters. The molecular formula is C63H120N6O5. The number of hydrogen-bond acceptors (Lipinski definition) is 7. The van der Waals surface area contributed by atoms with E-state index in [-0.39, 0.29) is 35.5 Å². The first-order chi connectivity index (χ1) is 36.1. The van der Waals surface area contributed by atoms with E-state index in [2.05, 4.69) is 72.8 Å². The highest BCUT2D eigenvalue weighted by molar-refractivity contribution is 5.88. The molecule has 0 aromatic carbocycles. The average molecular weight is 1040 g/mol. The highest BCUT2D eigenvalue weighted by Crippen LogP contribution is 2.19. The fourth-order valence-electron chi connectivity index (χ4n) is 10.4. The van der Waals surface area contributed by atoms with Crippen molar-refractivity contribution < 1.29 is 23.9 Å². The molecular weight excluding hydrogens is 921 g/mol. The van der Waals surface area contributed by atoms with Gasteiger partial charge >= 0.3 is 0 Å². The van der Waals surface area contributed by atoms with E-state index >= 15 is 0 Å². The Bertz CT molecular complexity index is 1400. The van der Waals surface area contributed by atoms with E-state index in [1.54, 1.807) is 0 Å². The van der Waals surface area contributed by atoms with Crippen LogP contribution in [-0.2, 0) is 23.9 Å². The van der Waals surface area contributed by atoms with Gasteiger partial charge in [0.05, 0.1) is 13.2 Å². The van der Waals surface area contributed by atoms with Crippen LogP contribution in [0.25, 0.3) is 0 Å². The average Bonchev–Trinajstić information content (AvgIpc) is 3.38. The van der Waals surface area contributed by atoms with Crippen LogP contribution in [0, 0.1) is 11.8 Å². The highest BCUT2D eigenvalue weighted by Gasteiger charge is 2.33. The molecule has 2 unspecified atom stereocenters. The number of nitrogens with zero attached hydrogens (tertiary/aromatic N) is 3. The predicted octanol–water partition coefficient (Wildman–Crippen LogP) is 13.9. The fourth-order valence-corrected chi connectivity index (χ4v) is 10.4. The summed E-state index contributed by atoms with van der Waals surface area (Å²) in [6.45, 7) is 20.1. The van der Waals surface area contributed by atoms with Crippen LogP contribution >= 0.6 is 0 Å². The van der Waals surface area contributed by atoms with Crippen LogP contribution in [0.15, 0.2) is 24.3 Å². The van der Waals surface area contributed by atoms with Gasteiger partial charge in [0, 0.05) is 58.7 Å². The maximum absolute atomic E-state index is 13.9. The molecule has 0 radical (unpaired) electrons. The Morgan fingerprint density at radius 3 is 1.19 bits per heavy atom. The molecule has 1 aliphatic heterocycles. The van der Waals surface area contributed by atoms with Crippen LogP contribution in [0.1, 0.15) is 260 Å². The molecule has 11 nitrogen and oxygen atoms in total. The van der Waals surface area contributed by atoms with Gasteiger partial charge in [-0.2, -0.15) is 0 Å². The normalized spacial score (nSPS) is 14.1. The second kappa shape index (κ2) is 49.8. The molecule has 1 saturated heterocycles. The summed E-state index contributed by atoms with van der Waals surface area (Å²) in [4.78, 5) is 61.4. The number of morpholine rings is 1. The standard InChI is InChI=1S/C63H120N6O5/c1-8-10-12-14-16-18-20-22-24-26-28-30-32-34-38-44-58(70)68(50-42-46-64-7)60(56(3)4)62(72)65-47-40-36-37-41-48-66-63(73)61(57(5)6)69(51-43-49-67-52-54-74-55-53-67)59(71)45-39-35-33-31-29-27-25-23-21-19-17-15-13-11-9-2/h22-25,56-57,60-61,64H,8-21,26-55H2,1-7H3,(H,65,72)(H,66,73)/b24-22-,25-23-. The molecule has 0 spiro atoms. The van der Waals surface area contributed by atoms with Gasteiger partial charge in [0.2, 0.25) is 23.6 Å². The van der Waals surface area contributed by atoms with Gasteiger partial charge in [0.1, 0.15) is 12.1 Å². The molecule has 11 heteroatoms. The van der Waals surface area contributed by atoms with Crippen LogP contribution < -0.4 is 16.0 Å². The Morgan fingerprint density at radius 2 is 0.811 bits per heavy atom. The third-order valence-corrected chi connectivity index (χ3v) is 14.9. The van der Waals surface area contributed by atoms with Gasteiger partial charge < -0.3 is 30.5 Å². The quantitative estimate of drug-likeness (QED) is 0.0410. The molecule has 0 bridgehead atoms. The maximum atomic E-state index is 13.9. The molecule has 432 valence electrons. The van der Waals surface area contributed by atoms with E-state index in [4.69, 9.17) is 4.74 Å². The Labute approximate surface area is 457 Å². The Kier molecular flexibility index (Phi) is 46.6. The smallest absolute Gasteiger partial charge is 0.243 e. The molecule has 1 rings (SSSR count). The minimum Gasteiger partial charge on any atom is -0.379 e. The molecule has 74 heavy (non-hydrogen) atoms. The number of allylic oxidation sites excluding steroid dienone is 4. The molecule has 1 aliphatic rings. The zero-order valence-corrected chi connectivity index (χ0v) is 49.6. The number of nitrogens with one attached hydrogen (secondary N) is 3. The van der Waals surface area contributed by atoms with Crippen molar-refractivity contribution in [3.05, 3.63) is 24.3 Å². The zero-order chi connectivity index (χ0) is 54.1. The van der Waals surface area contributed by atoms with Gasteiger partial charge in [0.15, 0.2) is 0 Å². The van der Waals surface area contributed by atoms with E-state index in [9.17, 15) is 19.2 Å². The van der Waals surface area contributed by atoms with Gasteiger partial charge in [0.25, 0.3) is 0 Å². The molecule has 1 fully saturated rings. The van der Waals surface area contributed by atoms with Crippen LogP contribution in [0.5, 0.6) is 0 Å². The summed E-state index contributed by atoms with van der Waals surface area (Å²) in [6.07, 6.45) is 47.4. The first-order valence-corrected chi connectivity index (χ1v) is 31.5. The Morgan fingerprint density at radius 1 is 0.459 bits per heavy atom. The lowest BCUT2D eigenvalue weighted by Crippen LogP contribution is -2.53. The summed E-state index contributed by atoms with van der Waals surface area (Å²) in [5.41, 5.74) is 0. The highest BCUT2D eigenvalue weighted by atomic mass is 16.5. The molecule has 1 heterocycles. The molecule has 0 aliphatic carbocycles. The largest absolute Gasteiger partial charge is 0.379 e. The first kappa shape index (κ1) is 69.3. The lowest BCUT2D eigenvalue weighted by Gasteiger charge is -2.35. The minimum absolute atomic E-state index is 0.00350. The van der Waals surface area contributed by atoms with Crippen LogP contribution in [0.2, 0.25) is 0 Å².